The number of carbonyl (C=O) groups excluding carboxylic acids is 1. The second-order valence-electron chi connectivity index (χ2n) is 9.09. The molecule has 0 radical (unpaired) electrons. The van der Waals surface area contributed by atoms with Crippen LogP contribution in [0.15, 0.2) is 61.4 Å². The van der Waals surface area contributed by atoms with E-state index in [4.69, 9.17) is 4.98 Å². The molecular formula is C26H21N9O. The highest BCUT2D eigenvalue weighted by Crippen LogP contribution is 2.32. The van der Waals surface area contributed by atoms with Crippen LogP contribution in [0.4, 0.5) is 5.69 Å². The van der Waals surface area contributed by atoms with Crippen molar-refractivity contribution in [2.45, 2.75) is 19.8 Å². The molecule has 176 valence electrons. The quantitative estimate of drug-likeness (QED) is 0.339. The summed E-state index contributed by atoms with van der Waals surface area (Å²) in [7, 11) is 0. The van der Waals surface area contributed by atoms with E-state index in [9.17, 15) is 4.79 Å². The Bertz CT molecular complexity index is 1770. The van der Waals surface area contributed by atoms with Gasteiger partial charge in [0.15, 0.2) is 0 Å². The molecule has 0 saturated heterocycles. The standard InChI is InChI=1S/C26H21N9O/c1-14-12-35(13-29-14)25-18-9-22(31-20(18)6-7-28-25)24-23-21(33-34-24)5-4-19(32-23)16-8-17(11-27-10-16)30-26(36)15-2-3-15/h4-13,15,31H,2-3H2,1H3,(H,30,36)(H,33,34). The van der Waals surface area contributed by atoms with Gasteiger partial charge in [0, 0.05) is 35.5 Å². The first kappa shape index (κ1) is 20.5. The molecule has 0 aliphatic heterocycles. The average molecular weight is 476 g/mol. The summed E-state index contributed by atoms with van der Waals surface area (Å²) in [5.74, 6) is 0.967. The van der Waals surface area contributed by atoms with Gasteiger partial charge in [-0.1, -0.05) is 0 Å². The van der Waals surface area contributed by atoms with Crippen molar-refractivity contribution in [2.24, 2.45) is 5.92 Å². The van der Waals surface area contributed by atoms with E-state index in [1.807, 2.05) is 48.0 Å². The Morgan fingerprint density at radius 1 is 1.11 bits per heavy atom. The van der Waals surface area contributed by atoms with Gasteiger partial charge in [0.1, 0.15) is 23.4 Å². The van der Waals surface area contributed by atoms with E-state index in [0.29, 0.717) is 11.4 Å². The van der Waals surface area contributed by atoms with Crippen LogP contribution < -0.4 is 5.32 Å². The Morgan fingerprint density at radius 2 is 2.03 bits per heavy atom. The highest BCUT2D eigenvalue weighted by molar-refractivity contribution is 5.97. The van der Waals surface area contributed by atoms with Crippen molar-refractivity contribution in [1.82, 2.24) is 39.7 Å². The summed E-state index contributed by atoms with van der Waals surface area (Å²) < 4.78 is 1.91. The number of aryl methyl sites for hydroxylation is 1. The van der Waals surface area contributed by atoms with Crippen LogP contribution in [-0.4, -0.2) is 45.6 Å². The Hall–Kier alpha value is -4.86. The zero-order valence-corrected chi connectivity index (χ0v) is 19.4. The Morgan fingerprint density at radius 3 is 2.86 bits per heavy atom. The van der Waals surface area contributed by atoms with E-state index >= 15 is 0 Å². The van der Waals surface area contributed by atoms with Crippen LogP contribution in [0.3, 0.4) is 0 Å². The first-order valence-electron chi connectivity index (χ1n) is 11.7. The zero-order chi connectivity index (χ0) is 24.2. The van der Waals surface area contributed by atoms with Gasteiger partial charge < -0.3 is 10.3 Å². The number of pyridine rings is 3. The van der Waals surface area contributed by atoms with Crippen molar-refractivity contribution in [1.29, 1.82) is 0 Å². The van der Waals surface area contributed by atoms with Crippen LogP contribution in [0.5, 0.6) is 0 Å². The van der Waals surface area contributed by atoms with Gasteiger partial charge in [-0.3, -0.25) is 19.4 Å². The fraction of sp³-hybridized carbons (Fsp3) is 0.154. The second kappa shape index (κ2) is 7.84. The maximum atomic E-state index is 12.2. The molecule has 6 aromatic rings. The van der Waals surface area contributed by atoms with E-state index in [2.05, 4.69) is 35.5 Å². The van der Waals surface area contributed by atoms with Crippen molar-refractivity contribution in [3.05, 3.63) is 67.1 Å². The molecule has 7 rings (SSSR count). The number of carbonyl (C=O) groups is 1. The number of fused-ring (bicyclic) bond motifs is 2. The van der Waals surface area contributed by atoms with Crippen LogP contribution in [0.1, 0.15) is 18.5 Å². The normalized spacial score (nSPS) is 13.5. The molecule has 1 fully saturated rings. The topological polar surface area (TPSA) is 130 Å². The maximum Gasteiger partial charge on any atom is 0.227 e. The summed E-state index contributed by atoms with van der Waals surface area (Å²) in [4.78, 5) is 33.7. The fourth-order valence-corrected chi connectivity index (χ4v) is 4.40. The third kappa shape index (κ3) is 3.50. The first-order valence-corrected chi connectivity index (χ1v) is 11.7. The predicted octanol–water partition coefficient (Wildman–Crippen LogP) is 4.41. The SMILES string of the molecule is Cc1cn(-c2nccc3[nH]c(-c4n[nH]c5ccc(-c6cncc(NC(=O)C7CC7)c6)nc45)cc23)cn1. The fourth-order valence-electron chi connectivity index (χ4n) is 4.40. The van der Waals surface area contributed by atoms with E-state index in [1.165, 1.54) is 0 Å². The lowest BCUT2D eigenvalue weighted by molar-refractivity contribution is -0.117. The van der Waals surface area contributed by atoms with Gasteiger partial charge in [0.05, 0.1) is 40.0 Å². The molecule has 1 amide bonds. The molecule has 0 aromatic carbocycles. The van der Waals surface area contributed by atoms with Crippen LogP contribution in [0.2, 0.25) is 0 Å². The molecule has 10 nitrogen and oxygen atoms in total. The third-order valence-electron chi connectivity index (χ3n) is 6.40. The number of nitrogens with zero attached hydrogens (tertiary/aromatic N) is 6. The van der Waals surface area contributed by atoms with Crippen molar-refractivity contribution in [3.63, 3.8) is 0 Å². The first-order chi connectivity index (χ1) is 17.6. The lowest BCUT2D eigenvalue weighted by Crippen LogP contribution is -2.13. The molecule has 1 aliphatic carbocycles. The number of nitrogens with one attached hydrogen (secondary N) is 3. The largest absolute Gasteiger partial charge is 0.353 e. The molecule has 0 spiro atoms. The summed E-state index contributed by atoms with van der Waals surface area (Å²) in [5, 5.41) is 11.5. The molecule has 10 heteroatoms. The molecule has 6 heterocycles. The Balaban J connectivity index is 1.28. The zero-order valence-electron chi connectivity index (χ0n) is 19.4. The van der Waals surface area contributed by atoms with Crippen molar-refractivity contribution in [2.75, 3.05) is 5.32 Å². The van der Waals surface area contributed by atoms with Crippen LogP contribution >= 0.6 is 0 Å². The van der Waals surface area contributed by atoms with Gasteiger partial charge >= 0.3 is 0 Å². The summed E-state index contributed by atoms with van der Waals surface area (Å²) in [5.41, 5.74) is 7.19. The number of amides is 1. The number of rotatable bonds is 5. The van der Waals surface area contributed by atoms with Gasteiger partial charge in [-0.2, -0.15) is 5.10 Å². The number of imidazole rings is 1. The van der Waals surface area contributed by atoms with Gasteiger partial charge in [-0.15, -0.1) is 0 Å². The monoisotopic (exact) mass is 475 g/mol. The smallest absolute Gasteiger partial charge is 0.227 e. The summed E-state index contributed by atoms with van der Waals surface area (Å²) >= 11 is 0. The molecule has 36 heavy (non-hydrogen) atoms. The summed E-state index contributed by atoms with van der Waals surface area (Å²) in [6.45, 7) is 1.95. The van der Waals surface area contributed by atoms with E-state index < -0.39 is 0 Å². The van der Waals surface area contributed by atoms with Crippen LogP contribution in [0, 0.1) is 12.8 Å². The minimum Gasteiger partial charge on any atom is -0.353 e. The molecule has 6 aromatic heterocycles. The Kier molecular flexibility index (Phi) is 4.47. The van der Waals surface area contributed by atoms with Gasteiger partial charge in [0.2, 0.25) is 5.91 Å². The highest BCUT2D eigenvalue weighted by atomic mass is 16.2. The summed E-state index contributed by atoms with van der Waals surface area (Å²) in [6.07, 6.45) is 10.8. The number of hydrogen-bond acceptors (Lipinski definition) is 6. The van der Waals surface area contributed by atoms with Crippen molar-refractivity contribution in [3.8, 4) is 28.5 Å². The number of H-pyrrole nitrogens is 2. The molecule has 3 N–H and O–H groups in total. The Labute approximate surface area is 204 Å². The maximum absolute atomic E-state index is 12.2. The number of hydrogen-bond donors (Lipinski definition) is 3. The van der Waals surface area contributed by atoms with E-state index in [-0.39, 0.29) is 11.8 Å². The van der Waals surface area contributed by atoms with E-state index in [1.54, 1.807) is 24.9 Å². The highest BCUT2D eigenvalue weighted by Gasteiger charge is 2.29. The molecule has 0 bridgehead atoms. The lowest BCUT2D eigenvalue weighted by atomic mass is 10.1. The molecule has 1 saturated carbocycles. The van der Waals surface area contributed by atoms with Crippen molar-refractivity contribution >= 4 is 33.5 Å². The lowest BCUT2D eigenvalue weighted by Gasteiger charge is -2.06. The predicted molar refractivity (Wildman–Crippen MR) is 135 cm³/mol. The molecular weight excluding hydrogens is 454 g/mol. The minimum absolute atomic E-state index is 0.0491. The summed E-state index contributed by atoms with van der Waals surface area (Å²) in [6, 6.07) is 9.74. The molecule has 1 aliphatic rings. The second-order valence-corrected chi connectivity index (χ2v) is 9.09. The van der Waals surface area contributed by atoms with Crippen molar-refractivity contribution < 1.29 is 4.79 Å². The van der Waals surface area contributed by atoms with Gasteiger partial charge in [0.25, 0.3) is 0 Å². The number of aromatic nitrogens is 8. The number of aromatic amines is 2. The van der Waals surface area contributed by atoms with Crippen LogP contribution in [-0.2, 0) is 4.79 Å². The molecule has 0 atom stereocenters. The average Bonchev–Trinajstić information content (AvgIpc) is 3.30. The van der Waals surface area contributed by atoms with Gasteiger partial charge in [-0.25, -0.2) is 15.0 Å². The van der Waals surface area contributed by atoms with Gasteiger partial charge in [-0.05, 0) is 50.1 Å². The number of anilines is 1. The minimum atomic E-state index is 0.0491. The van der Waals surface area contributed by atoms with Crippen LogP contribution in [0.25, 0.3) is 50.4 Å². The third-order valence-corrected chi connectivity index (χ3v) is 6.40. The van der Waals surface area contributed by atoms with E-state index in [0.717, 1.165) is 63.2 Å². The molecule has 0 unspecified atom stereocenters.